The Kier molecular flexibility index (Phi) is 4.08. The summed E-state index contributed by atoms with van der Waals surface area (Å²) in [7, 11) is 0. The molecule has 0 radical (unpaired) electrons. The summed E-state index contributed by atoms with van der Waals surface area (Å²) in [5, 5.41) is 0. The molecule has 3 rings (SSSR count). The van der Waals surface area contributed by atoms with Gasteiger partial charge in [0.25, 0.3) is 0 Å². The van der Waals surface area contributed by atoms with Gasteiger partial charge in [-0.2, -0.15) is 0 Å². The lowest BCUT2D eigenvalue weighted by Gasteiger charge is -2.43. The highest BCUT2D eigenvalue weighted by Gasteiger charge is 2.44. The lowest BCUT2D eigenvalue weighted by Crippen LogP contribution is -2.58. The van der Waals surface area contributed by atoms with Crippen LogP contribution >= 0.6 is 0 Å². The number of nitrogens with zero attached hydrogens (tertiary/aromatic N) is 1. The summed E-state index contributed by atoms with van der Waals surface area (Å²) < 4.78 is 13.0. The quantitative estimate of drug-likeness (QED) is 0.915. The average Bonchev–Trinajstić information content (AvgIpc) is 3.12. The molecule has 0 aromatic heterocycles. The van der Waals surface area contributed by atoms with E-state index in [1.807, 2.05) is 12.1 Å². The minimum absolute atomic E-state index is 0.161. The molecule has 1 aromatic carbocycles. The van der Waals surface area contributed by atoms with E-state index in [1.54, 1.807) is 12.1 Å². The summed E-state index contributed by atoms with van der Waals surface area (Å²) in [5.41, 5.74) is 7.98. The monoisotopic (exact) mass is 276 g/mol. The van der Waals surface area contributed by atoms with Gasteiger partial charge in [-0.25, -0.2) is 4.39 Å². The molecule has 1 heterocycles. The molecular formula is C17H25FN2. The van der Waals surface area contributed by atoms with Gasteiger partial charge in [0, 0.05) is 11.6 Å². The van der Waals surface area contributed by atoms with Crippen LogP contribution in [0, 0.1) is 5.82 Å². The molecule has 110 valence electrons. The Morgan fingerprint density at radius 1 is 1.05 bits per heavy atom. The minimum atomic E-state index is -0.169. The summed E-state index contributed by atoms with van der Waals surface area (Å²) in [6, 6.07) is 7.00. The Bertz CT molecular complexity index is 431. The average molecular weight is 276 g/mol. The highest BCUT2D eigenvalue weighted by molar-refractivity contribution is 5.19. The van der Waals surface area contributed by atoms with Crippen LogP contribution in [0.25, 0.3) is 0 Å². The first-order valence-corrected chi connectivity index (χ1v) is 7.96. The number of nitrogens with two attached hydrogens (primary N) is 1. The van der Waals surface area contributed by atoms with Gasteiger partial charge >= 0.3 is 0 Å². The smallest absolute Gasteiger partial charge is 0.123 e. The first-order valence-electron chi connectivity index (χ1n) is 7.96. The van der Waals surface area contributed by atoms with Gasteiger partial charge in [-0.05, 0) is 62.9 Å². The molecule has 1 aromatic rings. The van der Waals surface area contributed by atoms with Crippen molar-refractivity contribution in [1.29, 1.82) is 0 Å². The van der Waals surface area contributed by atoms with Crippen molar-refractivity contribution in [2.24, 2.45) is 5.73 Å². The van der Waals surface area contributed by atoms with Crippen molar-refractivity contribution in [3.05, 3.63) is 35.6 Å². The van der Waals surface area contributed by atoms with Crippen molar-refractivity contribution in [1.82, 2.24) is 4.90 Å². The van der Waals surface area contributed by atoms with Crippen molar-refractivity contribution >= 4 is 0 Å². The van der Waals surface area contributed by atoms with Crippen molar-refractivity contribution in [2.75, 3.05) is 13.1 Å². The van der Waals surface area contributed by atoms with Crippen LogP contribution in [0.1, 0.15) is 44.1 Å². The van der Waals surface area contributed by atoms with Crippen LogP contribution in [-0.2, 0) is 6.42 Å². The van der Waals surface area contributed by atoms with Crippen LogP contribution in [0.4, 0.5) is 4.39 Å². The van der Waals surface area contributed by atoms with Crippen LogP contribution < -0.4 is 5.73 Å². The predicted molar refractivity (Wildman–Crippen MR) is 80.1 cm³/mol. The second-order valence-electron chi connectivity index (χ2n) is 6.44. The number of hydrogen-bond acceptors (Lipinski definition) is 2. The van der Waals surface area contributed by atoms with Crippen LogP contribution in [-0.4, -0.2) is 29.6 Å². The summed E-state index contributed by atoms with van der Waals surface area (Å²) >= 11 is 0. The molecule has 0 bridgehead atoms. The SMILES string of the molecule is NC(Cc1ccc(F)cc1)C1(N2CCCC2)CCCC1. The Balaban J connectivity index is 1.75. The largest absolute Gasteiger partial charge is 0.326 e. The second-order valence-corrected chi connectivity index (χ2v) is 6.44. The fourth-order valence-corrected chi connectivity index (χ4v) is 4.14. The number of hydrogen-bond donors (Lipinski definition) is 1. The van der Waals surface area contributed by atoms with Crippen LogP contribution in [0.2, 0.25) is 0 Å². The molecule has 1 atom stereocenters. The first kappa shape index (κ1) is 14.0. The lowest BCUT2D eigenvalue weighted by atomic mass is 9.83. The van der Waals surface area contributed by atoms with Crippen LogP contribution in [0.3, 0.4) is 0 Å². The zero-order chi connectivity index (χ0) is 14.0. The molecular weight excluding hydrogens is 251 g/mol. The highest BCUT2D eigenvalue weighted by Crippen LogP contribution is 2.40. The third-order valence-electron chi connectivity index (χ3n) is 5.26. The van der Waals surface area contributed by atoms with E-state index in [4.69, 9.17) is 5.73 Å². The van der Waals surface area contributed by atoms with E-state index >= 15 is 0 Å². The van der Waals surface area contributed by atoms with Gasteiger partial charge in [-0.15, -0.1) is 0 Å². The number of rotatable bonds is 4. The van der Waals surface area contributed by atoms with E-state index in [1.165, 1.54) is 51.6 Å². The van der Waals surface area contributed by atoms with Gasteiger partial charge < -0.3 is 5.73 Å². The zero-order valence-electron chi connectivity index (χ0n) is 12.2. The van der Waals surface area contributed by atoms with Crippen molar-refractivity contribution in [3.8, 4) is 0 Å². The maximum absolute atomic E-state index is 13.0. The molecule has 1 aliphatic heterocycles. The van der Waals surface area contributed by atoms with Crippen LogP contribution in [0.5, 0.6) is 0 Å². The third-order valence-corrected chi connectivity index (χ3v) is 5.26. The zero-order valence-corrected chi connectivity index (χ0v) is 12.2. The number of benzene rings is 1. The molecule has 1 unspecified atom stereocenters. The van der Waals surface area contributed by atoms with Crippen molar-refractivity contribution < 1.29 is 4.39 Å². The topological polar surface area (TPSA) is 29.3 Å². The molecule has 1 saturated heterocycles. The van der Waals surface area contributed by atoms with E-state index in [0.29, 0.717) is 0 Å². The summed E-state index contributed by atoms with van der Waals surface area (Å²) in [6.45, 7) is 2.41. The molecule has 3 heteroatoms. The Morgan fingerprint density at radius 2 is 1.65 bits per heavy atom. The molecule has 1 aliphatic carbocycles. The molecule has 0 spiro atoms. The van der Waals surface area contributed by atoms with E-state index in [2.05, 4.69) is 4.90 Å². The van der Waals surface area contributed by atoms with E-state index < -0.39 is 0 Å². The first-order chi connectivity index (χ1) is 9.71. The normalized spacial score (nSPS) is 24.1. The standard InChI is InChI=1S/C17H25FN2/c18-15-7-5-14(6-8-15)13-16(19)17(9-1-2-10-17)20-11-3-4-12-20/h5-8,16H,1-4,9-13,19H2. The van der Waals surface area contributed by atoms with Crippen LogP contribution in [0.15, 0.2) is 24.3 Å². The van der Waals surface area contributed by atoms with Gasteiger partial charge in [-0.3, -0.25) is 4.90 Å². The predicted octanol–water partition coefficient (Wildman–Crippen LogP) is 3.10. The van der Waals surface area contributed by atoms with Gasteiger partial charge in [0.2, 0.25) is 0 Å². The summed E-state index contributed by atoms with van der Waals surface area (Å²) in [4.78, 5) is 2.65. The van der Waals surface area contributed by atoms with Gasteiger partial charge in [0.15, 0.2) is 0 Å². The van der Waals surface area contributed by atoms with E-state index in [-0.39, 0.29) is 17.4 Å². The molecule has 2 aliphatic rings. The van der Waals surface area contributed by atoms with E-state index in [9.17, 15) is 4.39 Å². The Morgan fingerprint density at radius 3 is 2.25 bits per heavy atom. The van der Waals surface area contributed by atoms with Crippen molar-refractivity contribution in [2.45, 2.75) is 56.5 Å². The third kappa shape index (κ3) is 2.61. The van der Waals surface area contributed by atoms with E-state index in [0.717, 1.165) is 12.0 Å². The van der Waals surface area contributed by atoms with Gasteiger partial charge in [0.1, 0.15) is 5.82 Å². The molecule has 2 nitrogen and oxygen atoms in total. The second kappa shape index (κ2) is 5.82. The Labute approximate surface area is 121 Å². The number of halogens is 1. The number of likely N-dealkylation sites (tertiary alicyclic amines) is 1. The molecule has 2 fully saturated rings. The maximum Gasteiger partial charge on any atom is 0.123 e. The van der Waals surface area contributed by atoms with Gasteiger partial charge in [0.05, 0.1) is 0 Å². The lowest BCUT2D eigenvalue weighted by molar-refractivity contribution is 0.0921. The maximum atomic E-state index is 13.0. The van der Waals surface area contributed by atoms with Crippen molar-refractivity contribution in [3.63, 3.8) is 0 Å². The molecule has 2 N–H and O–H groups in total. The summed E-state index contributed by atoms with van der Waals surface area (Å²) in [5.74, 6) is -0.169. The summed E-state index contributed by atoms with van der Waals surface area (Å²) in [6.07, 6.45) is 8.54. The highest BCUT2D eigenvalue weighted by atomic mass is 19.1. The minimum Gasteiger partial charge on any atom is -0.326 e. The Hall–Kier alpha value is -0.930. The fourth-order valence-electron chi connectivity index (χ4n) is 4.14. The van der Waals surface area contributed by atoms with Gasteiger partial charge in [-0.1, -0.05) is 25.0 Å². The fraction of sp³-hybridized carbons (Fsp3) is 0.647. The molecule has 20 heavy (non-hydrogen) atoms. The molecule has 0 amide bonds. The molecule has 1 saturated carbocycles.